The standard InChI is InChI=1S/C5H10O4S/c6-4-9-1-2-10-3-5(7)8/h6H,1-4H2,(H,7,8). The summed E-state index contributed by atoms with van der Waals surface area (Å²) >= 11 is 1.27. The Hall–Kier alpha value is -0.260. The number of ether oxygens (including phenoxy) is 1. The van der Waals surface area contributed by atoms with E-state index >= 15 is 0 Å². The van der Waals surface area contributed by atoms with E-state index in [1.165, 1.54) is 11.8 Å². The molecule has 60 valence electrons. The van der Waals surface area contributed by atoms with Gasteiger partial charge in [0, 0.05) is 5.75 Å². The largest absolute Gasteiger partial charge is 0.481 e. The Morgan fingerprint density at radius 2 is 2.30 bits per heavy atom. The summed E-state index contributed by atoms with van der Waals surface area (Å²) < 4.78 is 4.56. The molecule has 0 aliphatic carbocycles. The van der Waals surface area contributed by atoms with E-state index in [1.807, 2.05) is 0 Å². The predicted octanol–water partition coefficient (Wildman–Crippen LogP) is -0.229. The highest BCUT2D eigenvalue weighted by Gasteiger charge is 1.95. The highest BCUT2D eigenvalue weighted by Crippen LogP contribution is 1.97. The normalized spacial score (nSPS) is 9.70. The number of carboxylic acids is 1. The molecule has 0 heterocycles. The SMILES string of the molecule is O=C(O)CSCCOCO. The first-order valence-electron chi connectivity index (χ1n) is 2.75. The summed E-state index contributed by atoms with van der Waals surface area (Å²) in [7, 11) is 0. The first-order chi connectivity index (χ1) is 4.77. The molecule has 0 aromatic rings. The van der Waals surface area contributed by atoms with E-state index in [2.05, 4.69) is 4.74 Å². The van der Waals surface area contributed by atoms with Crippen LogP contribution in [0.5, 0.6) is 0 Å². The van der Waals surface area contributed by atoms with Gasteiger partial charge in [-0.2, -0.15) is 0 Å². The summed E-state index contributed by atoms with van der Waals surface area (Å²) in [5.41, 5.74) is 0. The maximum Gasteiger partial charge on any atom is 0.313 e. The van der Waals surface area contributed by atoms with Crippen LogP contribution in [0.25, 0.3) is 0 Å². The fourth-order valence-electron chi connectivity index (χ4n) is 0.342. The van der Waals surface area contributed by atoms with Crippen LogP contribution in [0.1, 0.15) is 0 Å². The fourth-order valence-corrected chi connectivity index (χ4v) is 0.897. The highest BCUT2D eigenvalue weighted by molar-refractivity contribution is 7.99. The molecular formula is C5H10O4S. The molecule has 0 aliphatic heterocycles. The lowest BCUT2D eigenvalue weighted by atomic mass is 10.8. The highest BCUT2D eigenvalue weighted by atomic mass is 32.2. The first kappa shape index (κ1) is 9.74. The van der Waals surface area contributed by atoms with Crippen LogP contribution < -0.4 is 0 Å². The van der Waals surface area contributed by atoms with Gasteiger partial charge >= 0.3 is 5.97 Å². The number of aliphatic carboxylic acids is 1. The van der Waals surface area contributed by atoms with E-state index in [1.54, 1.807) is 0 Å². The smallest absolute Gasteiger partial charge is 0.313 e. The van der Waals surface area contributed by atoms with E-state index in [4.69, 9.17) is 10.2 Å². The third kappa shape index (κ3) is 7.74. The van der Waals surface area contributed by atoms with Crippen molar-refractivity contribution in [1.82, 2.24) is 0 Å². The molecule has 4 nitrogen and oxygen atoms in total. The molecule has 0 aliphatic rings. The van der Waals surface area contributed by atoms with Gasteiger partial charge in [-0.3, -0.25) is 4.79 Å². The molecule has 2 N–H and O–H groups in total. The Morgan fingerprint density at radius 1 is 1.60 bits per heavy atom. The van der Waals surface area contributed by atoms with Crippen molar-refractivity contribution in [2.45, 2.75) is 0 Å². The quantitative estimate of drug-likeness (QED) is 0.421. The minimum Gasteiger partial charge on any atom is -0.481 e. The van der Waals surface area contributed by atoms with Crippen LogP contribution in [0, 0.1) is 0 Å². The molecule has 0 saturated carbocycles. The Kier molecular flexibility index (Phi) is 6.68. The summed E-state index contributed by atoms with van der Waals surface area (Å²) in [4.78, 5) is 9.92. The number of thioether (sulfide) groups is 1. The summed E-state index contributed by atoms with van der Waals surface area (Å²) in [6.07, 6.45) is 0. The predicted molar refractivity (Wildman–Crippen MR) is 38.0 cm³/mol. The van der Waals surface area contributed by atoms with Crippen LogP contribution in [0.2, 0.25) is 0 Å². The van der Waals surface area contributed by atoms with Crippen molar-refractivity contribution in [2.75, 3.05) is 24.9 Å². The van der Waals surface area contributed by atoms with Crippen LogP contribution in [0.4, 0.5) is 0 Å². The van der Waals surface area contributed by atoms with E-state index in [9.17, 15) is 4.79 Å². The second kappa shape index (κ2) is 6.85. The molecule has 0 aromatic carbocycles. The molecule has 0 spiro atoms. The van der Waals surface area contributed by atoms with Crippen molar-refractivity contribution in [2.24, 2.45) is 0 Å². The number of hydrogen-bond donors (Lipinski definition) is 2. The Labute approximate surface area is 63.2 Å². The fraction of sp³-hybridized carbons (Fsp3) is 0.800. The molecule has 0 radical (unpaired) electrons. The van der Waals surface area contributed by atoms with Gasteiger partial charge < -0.3 is 14.9 Å². The zero-order chi connectivity index (χ0) is 7.82. The van der Waals surface area contributed by atoms with Gasteiger partial charge in [0.15, 0.2) is 0 Å². The topological polar surface area (TPSA) is 66.8 Å². The van der Waals surface area contributed by atoms with Crippen molar-refractivity contribution >= 4 is 17.7 Å². The average molecular weight is 166 g/mol. The molecule has 5 heteroatoms. The van der Waals surface area contributed by atoms with Gasteiger partial charge in [0.25, 0.3) is 0 Å². The van der Waals surface area contributed by atoms with Gasteiger partial charge in [-0.1, -0.05) is 0 Å². The zero-order valence-corrected chi connectivity index (χ0v) is 6.26. The maximum atomic E-state index is 9.92. The average Bonchev–Trinajstić information content (AvgIpc) is 1.87. The summed E-state index contributed by atoms with van der Waals surface area (Å²) in [5.74, 6) is -0.129. The van der Waals surface area contributed by atoms with Crippen LogP contribution in [0.3, 0.4) is 0 Å². The molecule has 0 atom stereocenters. The van der Waals surface area contributed by atoms with Crippen LogP contribution >= 0.6 is 11.8 Å². The van der Waals surface area contributed by atoms with E-state index in [0.717, 1.165) is 0 Å². The van der Waals surface area contributed by atoms with Crippen LogP contribution in [0.15, 0.2) is 0 Å². The minimum absolute atomic E-state index is 0.0921. The zero-order valence-electron chi connectivity index (χ0n) is 5.45. The summed E-state index contributed by atoms with van der Waals surface area (Å²) in [6.45, 7) is 0.0993. The molecule has 0 bridgehead atoms. The first-order valence-corrected chi connectivity index (χ1v) is 3.91. The Balaban J connectivity index is 2.84. The summed E-state index contributed by atoms with van der Waals surface area (Å²) in [6, 6.07) is 0. The number of aliphatic hydroxyl groups excluding tert-OH is 1. The van der Waals surface area contributed by atoms with E-state index < -0.39 is 5.97 Å². The van der Waals surface area contributed by atoms with Crippen LogP contribution in [-0.2, 0) is 9.53 Å². The second-order valence-electron chi connectivity index (χ2n) is 1.48. The number of aliphatic hydroxyl groups is 1. The van der Waals surface area contributed by atoms with Gasteiger partial charge in [0.05, 0.1) is 12.4 Å². The number of carbonyl (C=O) groups is 1. The molecule has 0 fully saturated rings. The van der Waals surface area contributed by atoms with Gasteiger partial charge in [0.2, 0.25) is 0 Å². The third-order valence-electron chi connectivity index (χ3n) is 0.689. The second-order valence-corrected chi connectivity index (χ2v) is 2.59. The molecule has 10 heavy (non-hydrogen) atoms. The molecule has 0 unspecified atom stereocenters. The van der Waals surface area contributed by atoms with Crippen molar-refractivity contribution in [3.63, 3.8) is 0 Å². The van der Waals surface area contributed by atoms with Gasteiger partial charge in [0.1, 0.15) is 6.79 Å². The Bertz CT molecular complexity index is 95.6. The van der Waals surface area contributed by atoms with E-state index in [-0.39, 0.29) is 12.5 Å². The van der Waals surface area contributed by atoms with Gasteiger partial charge in [-0.05, 0) is 0 Å². The van der Waals surface area contributed by atoms with Crippen molar-refractivity contribution in [3.05, 3.63) is 0 Å². The number of rotatable bonds is 6. The minimum atomic E-state index is -0.825. The number of carboxylic acid groups (broad SMARTS) is 1. The molecule has 0 saturated heterocycles. The Morgan fingerprint density at radius 3 is 2.80 bits per heavy atom. The van der Waals surface area contributed by atoms with Crippen molar-refractivity contribution in [3.8, 4) is 0 Å². The third-order valence-corrected chi connectivity index (χ3v) is 1.60. The lowest BCUT2D eigenvalue weighted by molar-refractivity contribution is -0.133. The maximum absolute atomic E-state index is 9.92. The van der Waals surface area contributed by atoms with Gasteiger partial charge in [-0.15, -0.1) is 11.8 Å². The lowest BCUT2D eigenvalue weighted by Gasteiger charge is -1.97. The van der Waals surface area contributed by atoms with Crippen molar-refractivity contribution < 1.29 is 19.7 Å². The molecule has 0 rings (SSSR count). The van der Waals surface area contributed by atoms with E-state index in [0.29, 0.717) is 12.4 Å². The molecular weight excluding hydrogens is 156 g/mol. The summed E-state index contributed by atoms with van der Waals surface area (Å²) in [5, 5.41) is 16.3. The van der Waals surface area contributed by atoms with Crippen LogP contribution in [-0.4, -0.2) is 41.1 Å². The monoisotopic (exact) mass is 166 g/mol. The van der Waals surface area contributed by atoms with Crippen molar-refractivity contribution in [1.29, 1.82) is 0 Å². The molecule has 0 aromatic heterocycles. The number of hydrogen-bond acceptors (Lipinski definition) is 4. The van der Waals surface area contributed by atoms with Gasteiger partial charge in [-0.25, -0.2) is 0 Å². The lowest BCUT2D eigenvalue weighted by Crippen LogP contribution is -2.03. The molecule has 0 amide bonds.